The summed E-state index contributed by atoms with van der Waals surface area (Å²) < 4.78 is 2.55. The number of hydrogen-bond donors (Lipinski definition) is 1. The van der Waals surface area contributed by atoms with E-state index in [1.165, 1.54) is 138 Å². The van der Waals surface area contributed by atoms with E-state index in [1.807, 2.05) is 11.3 Å². The number of hydrogen-bond acceptors (Lipinski definition) is 4. The Morgan fingerprint density at radius 2 is 1.00 bits per heavy atom. The molecule has 0 bridgehead atoms. The highest BCUT2D eigenvalue weighted by atomic mass is 32.1. The predicted molar refractivity (Wildman–Crippen MR) is 383 cm³/mol. The number of fused-ring (bicyclic) bond motifs is 8. The van der Waals surface area contributed by atoms with Crippen LogP contribution in [0.2, 0.25) is 0 Å². The fraction of sp³-hybridized carbons (Fsp3) is 0.143. The Labute approximate surface area is 528 Å². The molecule has 0 spiro atoms. The van der Waals surface area contributed by atoms with Crippen LogP contribution in [-0.4, -0.2) is 7.28 Å². The summed E-state index contributed by atoms with van der Waals surface area (Å²) in [5, 5.41) is 6.89. The van der Waals surface area contributed by atoms with Gasteiger partial charge in [0.2, 0.25) is 0 Å². The minimum atomic E-state index is -0.612. The highest BCUT2D eigenvalue weighted by Gasteiger charge is 2.49. The maximum absolute atomic E-state index is 4.36. The van der Waals surface area contributed by atoms with Crippen molar-refractivity contribution < 1.29 is 0 Å². The zero-order valence-electron chi connectivity index (χ0n) is 51.8. The first-order chi connectivity index (χ1) is 43.4. The number of nitrogens with zero attached hydrogens (tertiary/aromatic N) is 2. The summed E-state index contributed by atoms with van der Waals surface area (Å²) in [5.41, 5.74) is 30.1. The van der Waals surface area contributed by atoms with Crippen LogP contribution in [0, 0.1) is 20.8 Å². The molecule has 16 rings (SSSR count). The molecule has 13 aromatic rings. The van der Waals surface area contributed by atoms with Gasteiger partial charge >= 0.3 is 0 Å². The molecule has 12 aromatic carbocycles. The van der Waals surface area contributed by atoms with Crippen LogP contribution in [0.3, 0.4) is 0 Å². The Morgan fingerprint density at radius 3 is 1.63 bits per heavy atom. The second-order valence-corrected chi connectivity index (χ2v) is 27.5. The van der Waals surface area contributed by atoms with Gasteiger partial charge in [0.05, 0.1) is 16.8 Å². The minimum absolute atomic E-state index is 0.0280. The molecule has 3 nitrogen and oxygen atoms in total. The van der Waals surface area contributed by atoms with Crippen LogP contribution in [0.25, 0.3) is 53.6 Å². The van der Waals surface area contributed by atoms with Gasteiger partial charge in [-0.15, -0.1) is 11.3 Å². The van der Waals surface area contributed by atoms with E-state index in [0.29, 0.717) is 0 Å². The maximum atomic E-state index is 4.36. The molecule has 3 heterocycles. The zero-order valence-corrected chi connectivity index (χ0v) is 52.6. The minimum Gasteiger partial charge on any atom is -0.354 e. The molecule has 430 valence electrons. The van der Waals surface area contributed by atoms with E-state index in [1.54, 1.807) is 0 Å². The van der Waals surface area contributed by atoms with Crippen LogP contribution < -0.4 is 26.0 Å². The van der Waals surface area contributed by atoms with Crippen molar-refractivity contribution >= 4 is 95.2 Å². The third-order valence-electron chi connectivity index (χ3n) is 20.2. The molecule has 1 N–H and O–H groups in total. The zero-order chi connectivity index (χ0) is 60.3. The summed E-state index contributed by atoms with van der Waals surface area (Å²) >= 11 is 1.89. The average molecular weight is 1160 g/mol. The molecule has 5 heteroatoms. The monoisotopic (exact) mass is 1160 g/mol. The van der Waals surface area contributed by atoms with Crippen molar-refractivity contribution in [3.05, 3.63) is 311 Å². The largest absolute Gasteiger partial charge is 0.354 e. The van der Waals surface area contributed by atoms with Gasteiger partial charge in [-0.1, -0.05) is 233 Å². The standard InChI is InChI=1S/C84H70BN3S/c1-53-49-68-69(83(6,7)46-45-82(68,4)5)52-71(53)86-80-63(41-44-77-78(80)64-33-20-23-38-76(64)89-77)65-50-62(87(72-42-39-58(47-54(72)2)56-25-12-8-13-26-56)73-43-40-59(48-55(73)3)57-27-14-9-15-28-57)51-75-79(65)85-70-36-24-35-67-81(70)88(75)74-37-22-21-34-66(74)84(67,60-29-16-10-17-30-60)61-31-18-11-19-32-61/h8-44,47-52,85-86H,45-46H2,1-7H3. The lowest BCUT2D eigenvalue weighted by Gasteiger charge is -2.49. The summed E-state index contributed by atoms with van der Waals surface area (Å²) in [4.78, 5) is 5.23. The molecule has 0 atom stereocenters. The first-order valence-electron chi connectivity index (χ1n) is 31.7. The second kappa shape index (κ2) is 21.0. The van der Waals surface area contributed by atoms with Gasteiger partial charge in [0.15, 0.2) is 7.28 Å². The van der Waals surface area contributed by atoms with Crippen molar-refractivity contribution in [3.8, 4) is 33.4 Å². The van der Waals surface area contributed by atoms with Crippen LogP contribution in [0.4, 0.5) is 45.5 Å². The van der Waals surface area contributed by atoms with Crippen molar-refractivity contribution in [2.75, 3.05) is 15.1 Å². The first-order valence-corrected chi connectivity index (χ1v) is 32.5. The SMILES string of the molecule is Cc1cc2c(cc1Nc1c(-c3cc(N(c4ccc(-c5ccccc5)cc4C)c4ccc(-c5ccccc5)cc4C)cc4c3Bc3cccc5c3N4c3ccccc3C5(c3ccccc3)c3ccccc3)ccc3sc4ccccc4c13)C(C)(C)CCC2(C)C. The van der Waals surface area contributed by atoms with E-state index < -0.39 is 5.41 Å². The van der Waals surface area contributed by atoms with Crippen LogP contribution in [-0.2, 0) is 16.2 Å². The van der Waals surface area contributed by atoms with E-state index in [-0.39, 0.29) is 10.8 Å². The Bertz CT molecular complexity index is 4820. The fourth-order valence-electron chi connectivity index (χ4n) is 15.6. The lowest BCUT2D eigenvalue weighted by Crippen LogP contribution is -2.47. The van der Waals surface area contributed by atoms with Crippen molar-refractivity contribution in [1.82, 2.24) is 0 Å². The number of thiophene rings is 1. The molecule has 1 aliphatic carbocycles. The van der Waals surface area contributed by atoms with Crippen LogP contribution in [0.5, 0.6) is 0 Å². The summed E-state index contributed by atoms with van der Waals surface area (Å²) in [6.07, 6.45) is 2.31. The van der Waals surface area contributed by atoms with Gasteiger partial charge in [0.25, 0.3) is 0 Å². The van der Waals surface area contributed by atoms with Gasteiger partial charge in [-0.3, -0.25) is 0 Å². The lowest BCUT2D eigenvalue weighted by molar-refractivity contribution is 0.332. The van der Waals surface area contributed by atoms with E-state index in [4.69, 9.17) is 0 Å². The van der Waals surface area contributed by atoms with E-state index in [0.717, 1.165) is 42.1 Å². The number of rotatable bonds is 10. The molecule has 0 saturated heterocycles. The molecular weight excluding hydrogens is 1090 g/mol. The van der Waals surface area contributed by atoms with Crippen molar-refractivity contribution in [2.45, 2.75) is 77.6 Å². The van der Waals surface area contributed by atoms with E-state index >= 15 is 0 Å². The number of benzene rings is 12. The van der Waals surface area contributed by atoms with Crippen molar-refractivity contribution in [1.29, 1.82) is 0 Å². The molecule has 0 radical (unpaired) electrons. The van der Waals surface area contributed by atoms with Crippen LogP contribution in [0.15, 0.2) is 261 Å². The molecular formula is C84H70BN3S. The Hall–Kier alpha value is -9.68. The molecule has 0 fully saturated rings. The number of aryl methyl sites for hydroxylation is 3. The molecule has 0 unspecified atom stereocenters. The Morgan fingerprint density at radius 1 is 0.438 bits per heavy atom. The van der Waals surface area contributed by atoms with Gasteiger partial charge in [0, 0.05) is 59.9 Å². The number of para-hydroxylation sites is 2. The molecule has 89 heavy (non-hydrogen) atoms. The summed E-state index contributed by atoms with van der Waals surface area (Å²) in [7, 11) is 0.727. The first kappa shape index (κ1) is 54.7. The smallest absolute Gasteiger partial charge is 0.198 e. The van der Waals surface area contributed by atoms with Crippen LogP contribution in [0.1, 0.15) is 90.6 Å². The average Bonchev–Trinajstić information content (AvgIpc) is 1.06. The van der Waals surface area contributed by atoms with E-state index in [2.05, 4.69) is 324 Å². The number of anilines is 8. The van der Waals surface area contributed by atoms with Gasteiger partial charge in [0.1, 0.15) is 0 Å². The fourth-order valence-corrected chi connectivity index (χ4v) is 16.7. The molecule has 1 aromatic heterocycles. The van der Waals surface area contributed by atoms with Crippen LogP contribution >= 0.6 is 11.3 Å². The Balaban J connectivity index is 1.01. The molecule has 0 saturated carbocycles. The molecule has 0 amide bonds. The van der Waals surface area contributed by atoms with Gasteiger partial charge in [-0.25, -0.2) is 0 Å². The second-order valence-electron chi connectivity index (χ2n) is 26.5. The molecule has 2 aliphatic heterocycles. The van der Waals surface area contributed by atoms with Gasteiger partial charge < -0.3 is 15.1 Å². The predicted octanol–water partition coefficient (Wildman–Crippen LogP) is 21.4. The summed E-state index contributed by atoms with van der Waals surface area (Å²) in [6, 6.07) is 98.6. The summed E-state index contributed by atoms with van der Waals surface area (Å²) in [5.74, 6) is 0. The normalized spacial score (nSPS) is 14.7. The maximum Gasteiger partial charge on any atom is 0.198 e. The quantitative estimate of drug-likeness (QED) is 0.138. The highest BCUT2D eigenvalue weighted by Crippen LogP contribution is 2.59. The van der Waals surface area contributed by atoms with Gasteiger partial charge in [-0.2, -0.15) is 0 Å². The topological polar surface area (TPSA) is 18.5 Å². The number of nitrogens with one attached hydrogen (secondary N) is 1. The lowest BCUT2D eigenvalue weighted by atomic mass is 9.54. The van der Waals surface area contributed by atoms with Crippen molar-refractivity contribution in [2.24, 2.45) is 0 Å². The van der Waals surface area contributed by atoms with Gasteiger partial charge in [-0.05, 0) is 188 Å². The summed E-state index contributed by atoms with van der Waals surface area (Å²) in [6.45, 7) is 16.7. The molecule has 3 aliphatic rings. The van der Waals surface area contributed by atoms with Crippen molar-refractivity contribution in [3.63, 3.8) is 0 Å². The third-order valence-corrected chi connectivity index (χ3v) is 21.3. The Kier molecular flexibility index (Phi) is 12.9. The van der Waals surface area contributed by atoms with E-state index in [9.17, 15) is 0 Å². The third kappa shape index (κ3) is 8.75. The highest BCUT2D eigenvalue weighted by molar-refractivity contribution is 7.26.